The van der Waals surface area contributed by atoms with E-state index in [4.69, 9.17) is 4.98 Å². The van der Waals surface area contributed by atoms with E-state index in [9.17, 15) is 9.18 Å². The van der Waals surface area contributed by atoms with Gasteiger partial charge in [-0.05, 0) is 31.9 Å². The molecule has 0 radical (unpaired) electrons. The van der Waals surface area contributed by atoms with Gasteiger partial charge in [0.25, 0.3) is 0 Å². The minimum Gasteiger partial charge on any atom is -0.352 e. The van der Waals surface area contributed by atoms with Crippen molar-refractivity contribution in [2.75, 3.05) is 18.0 Å². The number of halogens is 1. The molecule has 1 N–H and O–H groups in total. The number of nitrogens with one attached hydrogen (secondary N) is 1. The summed E-state index contributed by atoms with van der Waals surface area (Å²) in [6.07, 6.45) is 1.69. The first-order valence-electron chi connectivity index (χ1n) is 10.3. The molecule has 0 aliphatic carbocycles. The minimum absolute atomic E-state index is 0.0566. The number of amides is 1. The molecule has 0 saturated carbocycles. The second-order valence-corrected chi connectivity index (χ2v) is 7.65. The van der Waals surface area contributed by atoms with Crippen LogP contribution >= 0.6 is 0 Å². The third-order valence-corrected chi connectivity index (χ3v) is 5.40. The van der Waals surface area contributed by atoms with Crippen LogP contribution in [0.25, 0.3) is 11.3 Å². The van der Waals surface area contributed by atoms with E-state index in [1.165, 1.54) is 6.07 Å². The van der Waals surface area contributed by atoms with Crippen LogP contribution in [0.2, 0.25) is 0 Å². The van der Waals surface area contributed by atoms with Crippen molar-refractivity contribution in [3.63, 3.8) is 0 Å². The Kier molecular flexibility index (Phi) is 6.02. The molecule has 1 amide bonds. The number of piperidine rings is 1. The molecule has 0 spiro atoms. The molecular formula is C24H25FN4O. The quantitative estimate of drug-likeness (QED) is 0.695. The Morgan fingerprint density at radius 3 is 2.70 bits per heavy atom. The smallest absolute Gasteiger partial charge is 0.226 e. The van der Waals surface area contributed by atoms with Crippen LogP contribution in [0.4, 0.5) is 10.3 Å². The van der Waals surface area contributed by atoms with E-state index in [2.05, 4.69) is 15.2 Å². The van der Waals surface area contributed by atoms with Gasteiger partial charge >= 0.3 is 0 Å². The molecule has 1 fully saturated rings. The van der Waals surface area contributed by atoms with Gasteiger partial charge < -0.3 is 10.2 Å². The normalized spacial score (nSPS) is 16.3. The maximum Gasteiger partial charge on any atom is 0.226 e. The predicted molar refractivity (Wildman–Crippen MR) is 115 cm³/mol. The van der Waals surface area contributed by atoms with Crippen LogP contribution in [0.1, 0.15) is 24.1 Å². The zero-order chi connectivity index (χ0) is 20.9. The summed E-state index contributed by atoms with van der Waals surface area (Å²) >= 11 is 0. The molecule has 1 aromatic heterocycles. The molecule has 0 bridgehead atoms. The number of carbonyl (C=O) groups excluding carboxylic acids is 1. The Morgan fingerprint density at radius 2 is 1.90 bits per heavy atom. The number of hydrogen-bond acceptors (Lipinski definition) is 4. The van der Waals surface area contributed by atoms with Crippen LogP contribution in [-0.4, -0.2) is 29.0 Å². The Labute approximate surface area is 176 Å². The van der Waals surface area contributed by atoms with Crippen molar-refractivity contribution >= 4 is 11.9 Å². The Hall–Kier alpha value is -3.28. The van der Waals surface area contributed by atoms with Crippen molar-refractivity contribution in [3.8, 4) is 11.3 Å². The van der Waals surface area contributed by atoms with Crippen molar-refractivity contribution in [1.29, 1.82) is 0 Å². The molecule has 1 atom stereocenters. The first-order valence-corrected chi connectivity index (χ1v) is 10.3. The summed E-state index contributed by atoms with van der Waals surface area (Å²) in [6, 6.07) is 18.5. The first kappa shape index (κ1) is 20.0. The molecule has 6 heteroatoms. The molecule has 1 aliphatic heterocycles. The topological polar surface area (TPSA) is 58.1 Å². The lowest BCUT2D eigenvalue weighted by Gasteiger charge is -2.32. The monoisotopic (exact) mass is 404 g/mol. The Balaban J connectivity index is 1.45. The standard InChI is InChI=1S/C24H25FN4O/c1-17-14-22(18-8-3-2-4-9-18)28-24(27-17)29-13-7-11-20(16-29)23(30)26-15-19-10-5-6-12-21(19)25/h2-6,8-10,12,14,20H,7,11,13,15-16H2,1H3,(H,26,30)/t20-/m1/s1. The van der Waals surface area contributed by atoms with Crippen LogP contribution in [0.15, 0.2) is 60.7 Å². The van der Waals surface area contributed by atoms with Crippen molar-refractivity contribution in [2.45, 2.75) is 26.3 Å². The van der Waals surface area contributed by atoms with Gasteiger partial charge in [-0.2, -0.15) is 0 Å². The second kappa shape index (κ2) is 9.03. The lowest BCUT2D eigenvalue weighted by molar-refractivity contribution is -0.125. The average molecular weight is 404 g/mol. The number of nitrogens with zero attached hydrogens (tertiary/aromatic N) is 3. The third-order valence-electron chi connectivity index (χ3n) is 5.40. The van der Waals surface area contributed by atoms with Gasteiger partial charge in [-0.15, -0.1) is 0 Å². The highest BCUT2D eigenvalue weighted by Gasteiger charge is 2.27. The van der Waals surface area contributed by atoms with Gasteiger partial charge in [0.1, 0.15) is 5.82 Å². The number of hydrogen-bond donors (Lipinski definition) is 1. The van der Waals surface area contributed by atoms with E-state index in [1.54, 1.807) is 18.2 Å². The molecule has 2 heterocycles. The minimum atomic E-state index is -0.301. The van der Waals surface area contributed by atoms with Gasteiger partial charge in [-0.25, -0.2) is 14.4 Å². The van der Waals surface area contributed by atoms with Gasteiger partial charge in [-0.3, -0.25) is 4.79 Å². The van der Waals surface area contributed by atoms with E-state index < -0.39 is 0 Å². The summed E-state index contributed by atoms with van der Waals surface area (Å²) in [5.74, 6) is 0.124. The highest BCUT2D eigenvalue weighted by Crippen LogP contribution is 2.24. The number of carbonyl (C=O) groups is 1. The molecule has 30 heavy (non-hydrogen) atoms. The zero-order valence-corrected chi connectivity index (χ0v) is 17.0. The third kappa shape index (κ3) is 4.64. The maximum absolute atomic E-state index is 13.8. The molecule has 5 nitrogen and oxygen atoms in total. The summed E-state index contributed by atoms with van der Waals surface area (Å²) in [6.45, 7) is 3.52. The van der Waals surface area contributed by atoms with Gasteiger partial charge in [-0.1, -0.05) is 48.5 Å². The number of rotatable bonds is 5. The molecular weight excluding hydrogens is 379 g/mol. The van der Waals surface area contributed by atoms with Crippen LogP contribution in [0.5, 0.6) is 0 Å². The Bertz CT molecular complexity index is 1020. The zero-order valence-electron chi connectivity index (χ0n) is 17.0. The second-order valence-electron chi connectivity index (χ2n) is 7.65. The lowest BCUT2D eigenvalue weighted by Crippen LogP contribution is -2.43. The summed E-state index contributed by atoms with van der Waals surface area (Å²) in [4.78, 5) is 24.2. The van der Waals surface area contributed by atoms with E-state index >= 15 is 0 Å². The fourth-order valence-corrected chi connectivity index (χ4v) is 3.79. The van der Waals surface area contributed by atoms with Crippen LogP contribution in [-0.2, 0) is 11.3 Å². The molecule has 0 unspecified atom stereocenters. The van der Waals surface area contributed by atoms with Crippen molar-refractivity contribution in [2.24, 2.45) is 5.92 Å². The largest absolute Gasteiger partial charge is 0.352 e. The molecule has 1 saturated heterocycles. The van der Waals surface area contributed by atoms with Crippen molar-refractivity contribution in [1.82, 2.24) is 15.3 Å². The fourth-order valence-electron chi connectivity index (χ4n) is 3.79. The van der Waals surface area contributed by atoms with E-state index in [1.807, 2.05) is 43.3 Å². The van der Waals surface area contributed by atoms with E-state index in [-0.39, 0.29) is 24.2 Å². The number of benzene rings is 2. The number of anilines is 1. The number of aryl methyl sites for hydroxylation is 1. The van der Waals surface area contributed by atoms with Crippen molar-refractivity contribution < 1.29 is 9.18 Å². The average Bonchev–Trinajstić information content (AvgIpc) is 2.78. The van der Waals surface area contributed by atoms with E-state index in [0.29, 0.717) is 18.1 Å². The molecule has 2 aromatic carbocycles. The Morgan fingerprint density at radius 1 is 1.13 bits per heavy atom. The van der Waals surface area contributed by atoms with Gasteiger partial charge in [0.2, 0.25) is 11.9 Å². The molecule has 4 rings (SSSR count). The van der Waals surface area contributed by atoms with Crippen molar-refractivity contribution in [3.05, 3.63) is 77.7 Å². The maximum atomic E-state index is 13.8. The summed E-state index contributed by atoms with van der Waals surface area (Å²) in [7, 11) is 0. The summed E-state index contributed by atoms with van der Waals surface area (Å²) in [5.41, 5.74) is 3.31. The predicted octanol–water partition coefficient (Wildman–Crippen LogP) is 4.12. The van der Waals surface area contributed by atoms with Crippen LogP contribution < -0.4 is 10.2 Å². The van der Waals surface area contributed by atoms with E-state index in [0.717, 1.165) is 36.3 Å². The van der Waals surface area contributed by atoms with Gasteiger partial charge in [0.05, 0.1) is 11.6 Å². The molecule has 3 aromatic rings. The number of aromatic nitrogens is 2. The highest BCUT2D eigenvalue weighted by molar-refractivity contribution is 5.79. The SMILES string of the molecule is Cc1cc(-c2ccccc2)nc(N2CCC[C@@H](C(=O)NCc3ccccc3F)C2)n1. The van der Waals surface area contributed by atoms with Gasteiger partial charge in [0, 0.05) is 36.5 Å². The molecule has 1 aliphatic rings. The first-order chi connectivity index (χ1) is 14.6. The van der Waals surface area contributed by atoms with Gasteiger partial charge in [0.15, 0.2) is 0 Å². The molecule has 154 valence electrons. The summed E-state index contributed by atoms with van der Waals surface area (Å²) in [5, 5.41) is 2.88. The fraction of sp³-hybridized carbons (Fsp3) is 0.292. The highest BCUT2D eigenvalue weighted by atomic mass is 19.1. The van der Waals surface area contributed by atoms with Crippen LogP contribution in [0, 0.1) is 18.7 Å². The lowest BCUT2D eigenvalue weighted by atomic mass is 9.97. The summed E-state index contributed by atoms with van der Waals surface area (Å²) < 4.78 is 13.8. The van der Waals surface area contributed by atoms with Crippen LogP contribution in [0.3, 0.4) is 0 Å².